The van der Waals surface area contributed by atoms with Gasteiger partial charge in [-0.05, 0) is 75.6 Å². The highest BCUT2D eigenvalue weighted by Crippen LogP contribution is 2.46. The molecule has 0 saturated carbocycles. The molecule has 2 aromatic rings. The lowest BCUT2D eigenvalue weighted by Crippen LogP contribution is -2.40. The summed E-state index contributed by atoms with van der Waals surface area (Å²) in [6, 6.07) is 13.7. The van der Waals surface area contributed by atoms with Gasteiger partial charge in [-0.25, -0.2) is 0 Å². The summed E-state index contributed by atoms with van der Waals surface area (Å²) < 4.78 is 26.0. The Kier molecular flexibility index (Phi) is 9.72. The number of halogens is 1. The fraction of sp³-hybridized carbons (Fsp3) is 0.500. The van der Waals surface area contributed by atoms with Crippen LogP contribution < -0.4 is 10.2 Å². The molecule has 1 unspecified atom stereocenters. The molecule has 0 aliphatic carbocycles. The third kappa shape index (κ3) is 8.02. The maximum Gasteiger partial charge on any atom is 0.304 e. The molecule has 0 amide bonds. The summed E-state index contributed by atoms with van der Waals surface area (Å²) in [5.74, 6) is -0.318. The van der Waals surface area contributed by atoms with E-state index in [9.17, 15) is 19.0 Å². The summed E-state index contributed by atoms with van der Waals surface area (Å²) in [7, 11) is -2.47. The van der Waals surface area contributed by atoms with Crippen molar-refractivity contribution in [2.24, 2.45) is 0 Å². The number of benzene rings is 2. The van der Waals surface area contributed by atoms with Crippen molar-refractivity contribution in [1.82, 2.24) is 0 Å². The van der Waals surface area contributed by atoms with E-state index in [0.717, 1.165) is 29.2 Å². The van der Waals surface area contributed by atoms with Crippen LogP contribution in [0.3, 0.4) is 0 Å². The number of hydrogen-bond acceptors (Lipinski definition) is 6. The molecule has 3 rings (SSSR count). The van der Waals surface area contributed by atoms with E-state index < -0.39 is 16.6 Å². The molecule has 4 N–H and O–H groups in total. The van der Waals surface area contributed by atoms with Crippen molar-refractivity contribution in [1.29, 1.82) is 0 Å². The first-order valence-corrected chi connectivity index (χ1v) is 14.3. The van der Waals surface area contributed by atoms with Crippen molar-refractivity contribution in [2.45, 2.75) is 58.1 Å². The van der Waals surface area contributed by atoms with Crippen LogP contribution in [0.1, 0.15) is 51.5 Å². The largest absolute Gasteiger partial charge is 0.481 e. The van der Waals surface area contributed by atoms with Crippen LogP contribution in [0, 0.1) is 0 Å². The smallest absolute Gasteiger partial charge is 0.304 e. The van der Waals surface area contributed by atoms with Gasteiger partial charge in [0.15, 0.2) is 0 Å². The van der Waals surface area contributed by atoms with Gasteiger partial charge in [-0.3, -0.25) is 13.9 Å². The van der Waals surface area contributed by atoms with Crippen molar-refractivity contribution in [3.63, 3.8) is 0 Å². The molecule has 7 nitrogen and oxygen atoms in total. The van der Waals surface area contributed by atoms with E-state index in [1.54, 1.807) is 0 Å². The Bertz CT molecular complexity index is 976. The Morgan fingerprint density at radius 2 is 1.83 bits per heavy atom. The number of carboxylic acid groups (broad SMARTS) is 1. The Balaban J connectivity index is 1.98. The normalized spacial score (nSPS) is 17.7. The van der Waals surface area contributed by atoms with Gasteiger partial charge in [0.05, 0.1) is 30.5 Å². The molecule has 0 bridgehead atoms. The molecule has 1 aliphatic rings. The van der Waals surface area contributed by atoms with Crippen LogP contribution >= 0.6 is 22.2 Å². The lowest BCUT2D eigenvalue weighted by Gasteiger charge is -2.44. The third-order valence-corrected chi connectivity index (χ3v) is 8.34. The van der Waals surface area contributed by atoms with E-state index >= 15 is 0 Å². The molecule has 0 aromatic heterocycles. The van der Waals surface area contributed by atoms with Crippen LogP contribution in [0.5, 0.6) is 0 Å². The minimum absolute atomic E-state index is 0.00594. The highest BCUT2D eigenvalue weighted by atomic mass is 35.5. The van der Waals surface area contributed by atoms with Crippen molar-refractivity contribution in [2.75, 3.05) is 34.9 Å². The second kappa shape index (κ2) is 12.3. The van der Waals surface area contributed by atoms with Crippen LogP contribution in [0.15, 0.2) is 42.5 Å². The number of carbonyl (C=O) groups is 1. The predicted octanol–water partition coefficient (Wildman–Crippen LogP) is 6.81. The van der Waals surface area contributed by atoms with Crippen molar-refractivity contribution < 1.29 is 23.7 Å². The highest BCUT2D eigenvalue weighted by Gasteiger charge is 2.29. The van der Waals surface area contributed by atoms with Gasteiger partial charge in [-0.2, -0.15) is 10.6 Å². The van der Waals surface area contributed by atoms with E-state index in [1.807, 2.05) is 56.3 Å². The van der Waals surface area contributed by atoms with Gasteiger partial charge in [0, 0.05) is 40.7 Å². The van der Waals surface area contributed by atoms with Crippen molar-refractivity contribution >= 4 is 45.2 Å². The van der Waals surface area contributed by atoms with E-state index in [2.05, 4.69) is 17.1 Å². The second-order valence-corrected chi connectivity index (χ2v) is 12.2. The highest BCUT2D eigenvalue weighted by molar-refractivity contribution is 8.24. The molecule has 1 fully saturated rings. The Hall–Kier alpha value is -1.97. The van der Waals surface area contributed by atoms with Gasteiger partial charge in [-0.1, -0.05) is 17.7 Å². The number of nitrogens with zero attached hydrogens (tertiary/aromatic N) is 1. The molecule has 9 heteroatoms. The number of ether oxygens (including phenoxy) is 1. The van der Waals surface area contributed by atoms with E-state index in [1.165, 1.54) is 0 Å². The van der Waals surface area contributed by atoms with Gasteiger partial charge in [0.1, 0.15) is 0 Å². The summed E-state index contributed by atoms with van der Waals surface area (Å²) in [5.41, 5.74) is 3.62. The summed E-state index contributed by atoms with van der Waals surface area (Å²) in [4.78, 5) is 13.9. The van der Waals surface area contributed by atoms with Crippen LogP contribution in [0.25, 0.3) is 0 Å². The zero-order valence-corrected chi connectivity index (χ0v) is 22.2. The molecule has 1 heterocycles. The average Bonchev–Trinajstić information content (AvgIpc) is 2.80. The molecule has 35 heavy (non-hydrogen) atoms. The first-order valence-electron chi connectivity index (χ1n) is 12.1. The van der Waals surface area contributed by atoms with Gasteiger partial charge in [0.25, 0.3) is 0 Å². The molecule has 2 aromatic carbocycles. The number of aliphatic carboxylic acids is 1. The van der Waals surface area contributed by atoms with Crippen LogP contribution in [-0.4, -0.2) is 57.0 Å². The minimum atomic E-state index is -2.47. The summed E-state index contributed by atoms with van der Waals surface area (Å²) in [6.45, 7) is 7.05. The van der Waals surface area contributed by atoms with Gasteiger partial charge in [0.2, 0.25) is 0 Å². The van der Waals surface area contributed by atoms with Crippen LogP contribution in [-0.2, 0) is 9.53 Å². The van der Waals surface area contributed by atoms with Gasteiger partial charge < -0.3 is 20.1 Å². The zero-order chi connectivity index (χ0) is 25.6. The maximum absolute atomic E-state index is 11.6. The fourth-order valence-corrected chi connectivity index (χ4v) is 6.10. The molecule has 1 aliphatic heterocycles. The number of hydrogen-bond donors (Lipinski definition) is 4. The van der Waals surface area contributed by atoms with E-state index in [0.29, 0.717) is 36.0 Å². The standard InChI is InChI=1S/C26H37ClN2O5S/c1-4-29(23-11-13-35(32,33)14-12-23)25-10-5-19(20(16-26(30)31)17-34-18(2)3)15-24(25)28-22-8-6-21(27)7-9-22/h5-10,15,18,20,23,28,32-33H,4,11-14,16-17H2,1-3H3,(H,30,31). The molecular formula is C26H37ClN2O5S. The summed E-state index contributed by atoms with van der Waals surface area (Å²) >= 11 is 6.07. The Morgan fingerprint density at radius 1 is 1.17 bits per heavy atom. The van der Waals surface area contributed by atoms with Crippen LogP contribution in [0.4, 0.5) is 17.1 Å². The number of carboxylic acids is 1. The van der Waals surface area contributed by atoms with E-state index in [-0.39, 0.29) is 24.5 Å². The Labute approximate surface area is 214 Å². The summed E-state index contributed by atoms with van der Waals surface area (Å²) in [5, 5.41) is 13.7. The molecule has 194 valence electrons. The number of nitrogens with one attached hydrogen (secondary N) is 1. The van der Waals surface area contributed by atoms with Crippen molar-refractivity contribution in [3.8, 4) is 0 Å². The summed E-state index contributed by atoms with van der Waals surface area (Å²) in [6.07, 6.45) is 1.40. The first-order chi connectivity index (χ1) is 16.6. The average molecular weight is 525 g/mol. The quantitative estimate of drug-likeness (QED) is 0.256. The first kappa shape index (κ1) is 27.6. The molecule has 0 radical (unpaired) electrons. The van der Waals surface area contributed by atoms with Gasteiger partial charge in [-0.15, -0.1) is 0 Å². The maximum atomic E-state index is 11.6. The fourth-order valence-electron chi connectivity index (χ4n) is 4.47. The third-order valence-electron chi connectivity index (χ3n) is 6.31. The number of anilines is 3. The SMILES string of the molecule is CCN(c1ccc(C(COC(C)C)CC(=O)O)cc1Nc1ccc(Cl)cc1)C1CCS(O)(O)CC1. The predicted molar refractivity (Wildman–Crippen MR) is 146 cm³/mol. The molecular weight excluding hydrogens is 488 g/mol. The van der Waals surface area contributed by atoms with Crippen LogP contribution in [0.2, 0.25) is 5.02 Å². The minimum Gasteiger partial charge on any atom is -0.481 e. The molecule has 1 atom stereocenters. The zero-order valence-electron chi connectivity index (χ0n) is 20.6. The number of rotatable bonds is 11. The molecule has 1 saturated heterocycles. The molecule has 0 spiro atoms. The topological polar surface area (TPSA) is 102 Å². The Morgan fingerprint density at radius 3 is 2.40 bits per heavy atom. The lowest BCUT2D eigenvalue weighted by atomic mass is 9.94. The monoisotopic (exact) mass is 524 g/mol. The second-order valence-electron chi connectivity index (χ2n) is 9.31. The van der Waals surface area contributed by atoms with Crippen molar-refractivity contribution in [3.05, 3.63) is 53.1 Å². The lowest BCUT2D eigenvalue weighted by molar-refractivity contribution is -0.138. The van der Waals surface area contributed by atoms with Gasteiger partial charge >= 0.3 is 5.97 Å². The van der Waals surface area contributed by atoms with E-state index in [4.69, 9.17) is 16.3 Å².